The molecule has 0 radical (unpaired) electrons. The zero-order valence-electron chi connectivity index (χ0n) is 14.6. The molecule has 2 N–H and O–H groups in total. The lowest BCUT2D eigenvalue weighted by Crippen LogP contribution is -2.43. The Labute approximate surface area is 144 Å². The van der Waals surface area contributed by atoms with Gasteiger partial charge >= 0.3 is 0 Å². The molecule has 5 nitrogen and oxygen atoms in total. The molecule has 1 amide bonds. The molecule has 1 rings (SSSR count). The second-order valence-electron chi connectivity index (χ2n) is 5.79. The summed E-state index contributed by atoms with van der Waals surface area (Å²) in [5.41, 5.74) is 0.992. The smallest absolute Gasteiger partial charge is 0.243 e. The molecular weight excluding hydrogens is 312 g/mol. The minimum absolute atomic E-state index is 0.0199. The van der Waals surface area contributed by atoms with Crippen LogP contribution in [0.3, 0.4) is 0 Å². The van der Waals surface area contributed by atoms with Crippen molar-refractivity contribution >= 4 is 23.5 Å². The fourth-order valence-corrected chi connectivity index (χ4v) is 2.17. The highest BCUT2D eigenvalue weighted by atomic mass is 35.5. The van der Waals surface area contributed by atoms with E-state index in [4.69, 9.17) is 11.6 Å². The number of rotatable bonds is 6. The molecule has 2 atom stereocenters. The Hall–Kier alpha value is -1.75. The highest BCUT2D eigenvalue weighted by Gasteiger charge is 2.13. The third-order valence-corrected chi connectivity index (χ3v) is 3.94. The van der Waals surface area contributed by atoms with E-state index in [0.717, 1.165) is 12.0 Å². The van der Waals surface area contributed by atoms with E-state index in [-0.39, 0.29) is 24.5 Å². The summed E-state index contributed by atoms with van der Waals surface area (Å²) in [5, 5.41) is 7.33. The SMILES string of the molecule is CCC(C)NC(=NCC(=O)N(C)C)NC(C)c1ccccc1Cl. The van der Waals surface area contributed by atoms with Crippen molar-refractivity contribution in [2.75, 3.05) is 20.6 Å². The number of halogens is 1. The van der Waals surface area contributed by atoms with Gasteiger partial charge in [0.25, 0.3) is 0 Å². The van der Waals surface area contributed by atoms with Gasteiger partial charge in [-0.1, -0.05) is 36.7 Å². The van der Waals surface area contributed by atoms with Crippen LogP contribution in [-0.4, -0.2) is 43.4 Å². The van der Waals surface area contributed by atoms with E-state index in [1.165, 1.54) is 4.90 Å². The number of carbonyl (C=O) groups is 1. The average Bonchev–Trinajstić information content (AvgIpc) is 2.52. The lowest BCUT2D eigenvalue weighted by atomic mass is 10.1. The molecule has 1 aromatic carbocycles. The number of hydrogen-bond donors (Lipinski definition) is 2. The summed E-state index contributed by atoms with van der Waals surface area (Å²) in [6.07, 6.45) is 0.961. The minimum Gasteiger partial charge on any atom is -0.354 e. The fraction of sp³-hybridized carbons (Fsp3) is 0.529. The first kappa shape index (κ1) is 19.3. The summed E-state index contributed by atoms with van der Waals surface area (Å²) in [6, 6.07) is 7.94. The Bertz CT molecular complexity index is 545. The summed E-state index contributed by atoms with van der Waals surface area (Å²) in [5.74, 6) is 0.572. The standard InChI is InChI=1S/C17H27ClN4O/c1-6-12(2)20-17(19-11-16(23)22(4)5)21-13(3)14-9-7-8-10-15(14)18/h7-10,12-13H,6,11H2,1-5H3,(H2,19,20,21). The molecule has 0 fully saturated rings. The Morgan fingerprint density at radius 3 is 2.48 bits per heavy atom. The lowest BCUT2D eigenvalue weighted by Gasteiger charge is -2.22. The summed E-state index contributed by atoms with van der Waals surface area (Å²) < 4.78 is 0. The van der Waals surface area contributed by atoms with Gasteiger partial charge in [0.05, 0.1) is 6.04 Å². The van der Waals surface area contributed by atoms with Crippen molar-refractivity contribution < 1.29 is 4.79 Å². The van der Waals surface area contributed by atoms with Gasteiger partial charge in [0.15, 0.2) is 5.96 Å². The van der Waals surface area contributed by atoms with Crippen LogP contribution < -0.4 is 10.6 Å². The largest absolute Gasteiger partial charge is 0.354 e. The molecule has 0 aliphatic carbocycles. The van der Waals surface area contributed by atoms with E-state index in [1.807, 2.05) is 31.2 Å². The fourth-order valence-electron chi connectivity index (χ4n) is 1.87. The van der Waals surface area contributed by atoms with E-state index in [2.05, 4.69) is 29.5 Å². The van der Waals surface area contributed by atoms with Crippen LogP contribution in [-0.2, 0) is 4.79 Å². The van der Waals surface area contributed by atoms with Crippen molar-refractivity contribution in [3.63, 3.8) is 0 Å². The highest BCUT2D eigenvalue weighted by Crippen LogP contribution is 2.21. The van der Waals surface area contributed by atoms with Crippen LogP contribution in [0.1, 0.15) is 38.8 Å². The summed E-state index contributed by atoms with van der Waals surface area (Å²) in [7, 11) is 3.44. The Balaban J connectivity index is 2.85. The summed E-state index contributed by atoms with van der Waals surface area (Å²) in [6.45, 7) is 6.29. The number of carbonyl (C=O) groups excluding carboxylic acids is 1. The van der Waals surface area contributed by atoms with Crippen molar-refractivity contribution in [3.05, 3.63) is 34.9 Å². The number of benzene rings is 1. The van der Waals surface area contributed by atoms with E-state index < -0.39 is 0 Å². The topological polar surface area (TPSA) is 56.7 Å². The van der Waals surface area contributed by atoms with E-state index in [1.54, 1.807) is 14.1 Å². The number of hydrogen-bond acceptors (Lipinski definition) is 2. The van der Waals surface area contributed by atoms with E-state index >= 15 is 0 Å². The predicted octanol–water partition coefficient (Wildman–Crippen LogP) is 2.82. The van der Waals surface area contributed by atoms with Crippen molar-refractivity contribution in [2.24, 2.45) is 4.99 Å². The maximum Gasteiger partial charge on any atom is 0.243 e. The molecule has 0 bridgehead atoms. The van der Waals surface area contributed by atoms with Gasteiger partial charge < -0.3 is 15.5 Å². The molecule has 0 spiro atoms. The summed E-state index contributed by atoms with van der Waals surface area (Å²) >= 11 is 6.24. The molecule has 0 aliphatic rings. The van der Waals surface area contributed by atoms with Gasteiger partial charge in [-0.15, -0.1) is 0 Å². The van der Waals surface area contributed by atoms with Crippen LogP contribution in [0.25, 0.3) is 0 Å². The van der Waals surface area contributed by atoms with Gasteiger partial charge in [-0.3, -0.25) is 4.79 Å². The third-order valence-electron chi connectivity index (χ3n) is 3.59. The molecule has 0 saturated heterocycles. The predicted molar refractivity (Wildman–Crippen MR) is 96.9 cm³/mol. The van der Waals surface area contributed by atoms with Crippen molar-refractivity contribution in [1.29, 1.82) is 0 Å². The molecular formula is C17H27ClN4O. The minimum atomic E-state index is -0.0411. The lowest BCUT2D eigenvalue weighted by molar-refractivity contribution is -0.127. The quantitative estimate of drug-likeness (QED) is 0.619. The van der Waals surface area contributed by atoms with Crippen molar-refractivity contribution in [1.82, 2.24) is 15.5 Å². The van der Waals surface area contributed by atoms with Crippen LogP contribution in [0.5, 0.6) is 0 Å². The zero-order chi connectivity index (χ0) is 17.4. The van der Waals surface area contributed by atoms with E-state index in [9.17, 15) is 4.79 Å². The van der Waals surface area contributed by atoms with Crippen molar-refractivity contribution in [3.8, 4) is 0 Å². The molecule has 0 aromatic heterocycles. The number of amides is 1. The van der Waals surface area contributed by atoms with Crippen molar-refractivity contribution in [2.45, 2.75) is 39.3 Å². The number of aliphatic imine (C=N–C) groups is 1. The second-order valence-corrected chi connectivity index (χ2v) is 6.20. The van der Waals surface area contributed by atoms with Crippen LogP contribution in [0, 0.1) is 0 Å². The maximum absolute atomic E-state index is 11.8. The first-order valence-corrected chi connectivity index (χ1v) is 8.25. The van der Waals surface area contributed by atoms with Crippen LogP contribution >= 0.6 is 11.6 Å². The average molecular weight is 339 g/mol. The van der Waals surface area contributed by atoms with Gasteiger partial charge in [0.1, 0.15) is 6.54 Å². The van der Waals surface area contributed by atoms with Gasteiger partial charge in [0, 0.05) is 25.2 Å². The zero-order valence-corrected chi connectivity index (χ0v) is 15.3. The third kappa shape index (κ3) is 6.48. The molecule has 1 aromatic rings. The molecule has 0 aliphatic heterocycles. The Morgan fingerprint density at radius 1 is 1.26 bits per heavy atom. The molecule has 2 unspecified atom stereocenters. The first-order valence-electron chi connectivity index (χ1n) is 7.87. The van der Waals surface area contributed by atoms with Crippen LogP contribution in [0.4, 0.5) is 0 Å². The van der Waals surface area contributed by atoms with Gasteiger partial charge in [0.2, 0.25) is 5.91 Å². The number of nitrogens with one attached hydrogen (secondary N) is 2. The maximum atomic E-state index is 11.8. The van der Waals surface area contributed by atoms with Gasteiger partial charge in [-0.05, 0) is 31.9 Å². The van der Waals surface area contributed by atoms with Gasteiger partial charge in [-0.25, -0.2) is 4.99 Å². The number of guanidine groups is 1. The van der Waals surface area contributed by atoms with Crippen LogP contribution in [0.2, 0.25) is 5.02 Å². The molecule has 0 saturated carbocycles. The Morgan fingerprint density at radius 2 is 1.91 bits per heavy atom. The number of likely N-dealkylation sites (N-methyl/N-ethyl adjacent to an activating group) is 1. The Kier molecular flexibility index (Phi) is 7.89. The first-order chi connectivity index (χ1) is 10.8. The molecule has 128 valence electrons. The van der Waals surface area contributed by atoms with Gasteiger partial charge in [-0.2, -0.15) is 0 Å². The molecule has 0 heterocycles. The van der Waals surface area contributed by atoms with Crippen LogP contribution in [0.15, 0.2) is 29.3 Å². The summed E-state index contributed by atoms with van der Waals surface area (Å²) in [4.78, 5) is 17.7. The highest BCUT2D eigenvalue weighted by molar-refractivity contribution is 6.31. The normalized spacial score (nSPS) is 14.1. The monoisotopic (exact) mass is 338 g/mol. The van der Waals surface area contributed by atoms with E-state index in [0.29, 0.717) is 11.0 Å². The molecule has 6 heteroatoms. The molecule has 23 heavy (non-hydrogen) atoms. The number of nitrogens with zero attached hydrogens (tertiary/aromatic N) is 2. The second kappa shape index (κ2) is 9.40.